The molecule has 0 amide bonds. The fraction of sp³-hybridized carbons (Fsp3) is 0.524. The molecule has 0 aliphatic carbocycles. The van der Waals surface area contributed by atoms with Crippen molar-refractivity contribution in [1.29, 1.82) is 0 Å². The second-order valence-electron chi connectivity index (χ2n) is 8.72. The van der Waals surface area contributed by atoms with Crippen molar-refractivity contribution in [3.63, 3.8) is 0 Å². The predicted octanol–water partition coefficient (Wildman–Crippen LogP) is 1.64. The number of alkyl halides is 1. The van der Waals surface area contributed by atoms with Gasteiger partial charge in [-0.15, -0.1) is 0 Å². The van der Waals surface area contributed by atoms with E-state index in [0.29, 0.717) is 36.9 Å². The Morgan fingerprint density at radius 3 is 2.00 bits per heavy atom. The Morgan fingerprint density at radius 2 is 1.45 bits per heavy atom. The maximum Gasteiger partial charge on any atom is 0.242 e. The molecule has 10 heteroatoms. The monoisotopic (exact) mass is 423 g/mol. The van der Waals surface area contributed by atoms with Gasteiger partial charge in [0, 0.05) is 13.1 Å². The second kappa shape index (κ2) is 6.57. The van der Waals surface area contributed by atoms with Crippen molar-refractivity contribution in [2.45, 2.75) is 43.8 Å². The fourth-order valence-corrected chi connectivity index (χ4v) is 5.38. The highest BCUT2D eigenvalue weighted by atomic mass is 19.1. The number of halogens is 1. The molecule has 3 aromatic rings. The molecule has 0 saturated carbocycles. The van der Waals surface area contributed by atoms with Gasteiger partial charge in [-0.2, -0.15) is 15.0 Å². The average Bonchev–Trinajstić information content (AvgIpc) is 3.63. The van der Waals surface area contributed by atoms with E-state index < -0.39 is 6.67 Å². The molecule has 4 fully saturated rings. The lowest BCUT2D eigenvalue weighted by molar-refractivity contribution is 0.0980. The minimum atomic E-state index is -0.699. The molecule has 4 saturated heterocycles. The van der Waals surface area contributed by atoms with Gasteiger partial charge in [0.25, 0.3) is 0 Å². The quantitative estimate of drug-likeness (QED) is 0.627. The van der Waals surface area contributed by atoms with Gasteiger partial charge in [0.15, 0.2) is 0 Å². The number of hydrogen-bond donors (Lipinski definition) is 0. The van der Waals surface area contributed by atoms with Gasteiger partial charge in [0.2, 0.25) is 17.8 Å². The van der Waals surface area contributed by atoms with E-state index in [4.69, 9.17) is 24.4 Å². The molecule has 160 valence electrons. The summed E-state index contributed by atoms with van der Waals surface area (Å²) in [6.07, 6.45) is 2.42. The van der Waals surface area contributed by atoms with Gasteiger partial charge in [0.1, 0.15) is 12.5 Å². The summed E-state index contributed by atoms with van der Waals surface area (Å²) >= 11 is 0. The largest absolute Gasteiger partial charge is 0.374 e. The van der Waals surface area contributed by atoms with Crippen molar-refractivity contribution in [3.05, 3.63) is 30.1 Å². The van der Waals surface area contributed by atoms with Crippen LogP contribution in [0.4, 0.5) is 16.3 Å². The molecule has 4 unspecified atom stereocenters. The number of nitrogens with zero attached hydrogens (tertiary/aromatic N) is 7. The van der Waals surface area contributed by atoms with Crippen LogP contribution in [0.5, 0.6) is 0 Å². The topological polar surface area (TPSA) is 81.4 Å². The summed E-state index contributed by atoms with van der Waals surface area (Å²) in [6, 6.07) is 8.15. The van der Waals surface area contributed by atoms with Crippen LogP contribution in [0.2, 0.25) is 0 Å². The third kappa shape index (κ3) is 2.67. The summed E-state index contributed by atoms with van der Waals surface area (Å²) in [6.45, 7) is 2.21. The Kier molecular flexibility index (Phi) is 3.77. The molecule has 0 N–H and O–H groups in total. The Balaban J connectivity index is 1.40. The van der Waals surface area contributed by atoms with Crippen LogP contribution in [0.1, 0.15) is 18.7 Å². The van der Waals surface area contributed by atoms with Crippen LogP contribution in [-0.2, 0) is 16.1 Å². The summed E-state index contributed by atoms with van der Waals surface area (Å²) in [5, 5.41) is 0. The Bertz CT molecular complexity index is 1120. The maximum atomic E-state index is 13.9. The van der Waals surface area contributed by atoms with Gasteiger partial charge >= 0.3 is 0 Å². The first-order chi connectivity index (χ1) is 15.3. The third-order valence-corrected chi connectivity index (χ3v) is 6.86. The molecule has 1 aromatic carbocycles. The fourth-order valence-electron chi connectivity index (χ4n) is 5.38. The molecular formula is C21H22FN7O2. The van der Waals surface area contributed by atoms with Crippen LogP contribution >= 0.6 is 0 Å². The zero-order valence-electron chi connectivity index (χ0n) is 16.9. The molecule has 0 radical (unpaired) electrons. The number of aromatic nitrogens is 5. The number of para-hydroxylation sites is 2. The number of rotatable bonds is 4. The number of benzene rings is 1. The van der Waals surface area contributed by atoms with Gasteiger partial charge in [-0.3, -0.25) is 4.57 Å². The van der Waals surface area contributed by atoms with Crippen LogP contribution in [0.15, 0.2) is 24.3 Å². The molecule has 0 spiro atoms. The first-order valence-electron chi connectivity index (χ1n) is 10.8. The highest BCUT2D eigenvalue weighted by molar-refractivity contribution is 5.77. The molecule has 4 aliphatic rings. The second-order valence-corrected chi connectivity index (χ2v) is 8.72. The van der Waals surface area contributed by atoms with Crippen molar-refractivity contribution in [2.75, 3.05) is 36.1 Å². The van der Waals surface area contributed by atoms with Crippen LogP contribution < -0.4 is 9.80 Å². The molecule has 4 bridgehead atoms. The van der Waals surface area contributed by atoms with E-state index in [1.54, 1.807) is 4.57 Å². The maximum absolute atomic E-state index is 13.9. The Labute approximate surface area is 177 Å². The van der Waals surface area contributed by atoms with E-state index >= 15 is 0 Å². The number of hydrogen-bond acceptors (Lipinski definition) is 8. The molecule has 2 aromatic heterocycles. The lowest BCUT2D eigenvalue weighted by Crippen LogP contribution is -2.41. The average molecular weight is 423 g/mol. The molecule has 6 heterocycles. The summed E-state index contributed by atoms with van der Waals surface area (Å²) in [7, 11) is 0. The number of imidazole rings is 1. The van der Waals surface area contributed by atoms with Crippen LogP contribution in [0.25, 0.3) is 17.0 Å². The third-order valence-electron chi connectivity index (χ3n) is 6.86. The summed E-state index contributed by atoms with van der Waals surface area (Å²) < 4.78 is 27.2. The van der Waals surface area contributed by atoms with E-state index in [1.165, 1.54) is 0 Å². The standard InChI is InChI=1S/C21H22FN7O2/c22-7-18-23-16-3-1-2-4-17(16)29(18)21-25-19(27-8-14-5-12(27)10-30-14)24-20(26-21)28-9-15-6-13(28)11-31-15/h1-4,12-15H,5-11H2. The van der Waals surface area contributed by atoms with Crippen molar-refractivity contribution in [2.24, 2.45) is 0 Å². The summed E-state index contributed by atoms with van der Waals surface area (Å²) in [5.74, 6) is 1.96. The predicted molar refractivity (Wildman–Crippen MR) is 110 cm³/mol. The highest BCUT2D eigenvalue weighted by Gasteiger charge is 2.43. The van der Waals surface area contributed by atoms with E-state index in [0.717, 1.165) is 37.0 Å². The minimum Gasteiger partial charge on any atom is -0.374 e. The van der Waals surface area contributed by atoms with Crippen molar-refractivity contribution >= 4 is 22.9 Å². The Hall–Kier alpha value is -2.85. The number of anilines is 2. The number of fused-ring (bicyclic) bond motifs is 5. The molecule has 4 atom stereocenters. The molecule has 7 rings (SSSR count). The lowest BCUT2D eigenvalue weighted by atomic mass is 10.2. The highest BCUT2D eigenvalue weighted by Crippen LogP contribution is 2.35. The molecule has 9 nitrogen and oxygen atoms in total. The van der Waals surface area contributed by atoms with E-state index in [2.05, 4.69) is 14.8 Å². The van der Waals surface area contributed by atoms with Crippen molar-refractivity contribution < 1.29 is 13.9 Å². The SMILES string of the molecule is FCc1nc2ccccc2n1-c1nc(N2CC3CC2CO3)nc(N2CC3CC2CO3)n1. The van der Waals surface area contributed by atoms with Gasteiger partial charge < -0.3 is 19.3 Å². The zero-order valence-corrected chi connectivity index (χ0v) is 16.9. The van der Waals surface area contributed by atoms with Crippen LogP contribution in [0, 0.1) is 0 Å². The minimum absolute atomic E-state index is 0.223. The molecule has 4 aliphatic heterocycles. The van der Waals surface area contributed by atoms with E-state index in [-0.39, 0.29) is 24.3 Å². The van der Waals surface area contributed by atoms with Gasteiger partial charge in [-0.25, -0.2) is 9.37 Å². The number of ether oxygens (including phenoxy) is 2. The van der Waals surface area contributed by atoms with Crippen molar-refractivity contribution in [3.8, 4) is 5.95 Å². The summed E-state index contributed by atoms with van der Waals surface area (Å²) in [4.78, 5) is 23.4. The van der Waals surface area contributed by atoms with Crippen LogP contribution in [0.3, 0.4) is 0 Å². The van der Waals surface area contributed by atoms with Gasteiger partial charge in [0.05, 0.1) is 48.5 Å². The zero-order chi connectivity index (χ0) is 20.5. The van der Waals surface area contributed by atoms with E-state index in [9.17, 15) is 4.39 Å². The van der Waals surface area contributed by atoms with Gasteiger partial charge in [-0.1, -0.05) is 12.1 Å². The smallest absolute Gasteiger partial charge is 0.242 e. The first kappa shape index (κ1) is 17.8. The molecule has 31 heavy (non-hydrogen) atoms. The first-order valence-corrected chi connectivity index (χ1v) is 10.8. The number of morpholine rings is 2. The normalized spacial score (nSPS) is 29.1. The van der Waals surface area contributed by atoms with Crippen molar-refractivity contribution in [1.82, 2.24) is 24.5 Å². The van der Waals surface area contributed by atoms with Gasteiger partial charge in [-0.05, 0) is 25.0 Å². The summed E-state index contributed by atoms with van der Waals surface area (Å²) in [5.41, 5.74) is 1.51. The lowest BCUT2D eigenvalue weighted by Gasteiger charge is -2.30. The Morgan fingerprint density at radius 1 is 0.839 bits per heavy atom. The molecular weight excluding hydrogens is 401 g/mol. The van der Waals surface area contributed by atoms with Crippen LogP contribution in [-0.4, -0.2) is 75.1 Å². The van der Waals surface area contributed by atoms with E-state index in [1.807, 2.05) is 24.3 Å².